The first-order valence-corrected chi connectivity index (χ1v) is 6.58. The zero-order valence-electron chi connectivity index (χ0n) is 11.4. The monoisotopic (exact) mass is 277 g/mol. The molecule has 1 unspecified atom stereocenters. The molecule has 0 aromatic heterocycles. The van der Waals surface area contributed by atoms with E-state index in [0.29, 0.717) is 11.4 Å². The van der Waals surface area contributed by atoms with Crippen LogP contribution in [0.4, 0.5) is 11.4 Å². The SMILES string of the molecule is COC(CN)C(=O)Nc1cccc(NC(=O)C2CC2)c1. The molecule has 6 heteroatoms. The van der Waals surface area contributed by atoms with E-state index in [1.165, 1.54) is 7.11 Å². The highest BCUT2D eigenvalue weighted by atomic mass is 16.5. The number of hydrogen-bond donors (Lipinski definition) is 3. The van der Waals surface area contributed by atoms with Gasteiger partial charge >= 0.3 is 0 Å². The molecule has 1 aliphatic rings. The van der Waals surface area contributed by atoms with Crippen LogP contribution >= 0.6 is 0 Å². The highest BCUT2D eigenvalue weighted by molar-refractivity contribution is 5.97. The number of amides is 2. The number of carbonyl (C=O) groups is 2. The van der Waals surface area contributed by atoms with E-state index in [1.807, 2.05) is 0 Å². The Bertz CT molecular complexity index is 496. The Kier molecular flexibility index (Phi) is 4.70. The fourth-order valence-corrected chi connectivity index (χ4v) is 1.80. The molecule has 0 heterocycles. The average molecular weight is 277 g/mol. The second-order valence-electron chi connectivity index (χ2n) is 4.79. The lowest BCUT2D eigenvalue weighted by atomic mass is 10.2. The fourth-order valence-electron chi connectivity index (χ4n) is 1.80. The number of carbonyl (C=O) groups excluding carboxylic acids is 2. The van der Waals surface area contributed by atoms with Gasteiger partial charge in [0.05, 0.1) is 0 Å². The number of benzene rings is 1. The Labute approximate surface area is 117 Å². The lowest BCUT2D eigenvalue weighted by molar-refractivity contribution is -0.125. The number of anilines is 2. The minimum atomic E-state index is -0.681. The summed E-state index contributed by atoms with van der Waals surface area (Å²) in [5, 5.41) is 5.54. The molecule has 1 fully saturated rings. The van der Waals surface area contributed by atoms with E-state index < -0.39 is 6.10 Å². The van der Waals surface area contributed by atoms with Crippen LogP contribution in [0.15, 0.2) is 24.3 Å². The minimum absolute atomic E-state index is 0.0326. The topological polar surface area (TPSA) is 93.4 Å². The van der Waals surface area contributed by atoms with E-state index in [1.54, 1.807) is 24.3 Å². The van der Waals surface area contributed by atoms with E-state index in [2.05, 4.69) is 10.6 Å². The molecule has 0 aliphatic heterocycles. The molecule has 1 aromatic carbocycles. The van der Waals surface area contributed by atoms with Gasteiger partial charge < -0.3 is 21.1 Å². The van der Waals surface area contributed by atoms with Gasteiger partial charge in [-0.2, -0.15) is 0 Å². The van der Waals surface area contributed by atoms with Gasteiger partial charge in [-0.25, -0.2) is 0 Å². The molecule has 0 saturated heterocycles. The standard InChI is InChI=1S/C14H19N3O3/c1-20-12(8-15)14(19)17-11-4-2-3-10(7-11)16-13(18)9-5-6-9/h2-4,7,9,12H,5-6,8,15H2,1H3,(H,16,18)(H,17,19). The summed E-state index contributed by atoms with van der Waals surface area (Å²) >= 11 is 0. The van der Waals surface area contributed by atoms with Gasteiger partial charge in [0, 0.05) is 30.9 Å². The van der Waals surface area contributed by atoms with Gasteiger partial charge in [-0.15, -0.1) is 0 Å². The van der Waals surface area contributed by atoms with E-state index in [9.17, 15) is 9.59 Å². The highest BCUT2D eigenvalue weighted by Gasteiger charge is 2.29. The van der Waals surface area contributed by atoms with Crippen LogP contribution in [-0.4, -0.2) is 31.6 Å². The summed E-state index contributed by atoms with van der Waals surface area (Å²) in [5.41, 5.74) is 6.70. The molecule has 20 heavy (non-hydrogen) atoms. The first-order chi connectivity index (χ1) is 9.63. The molecule has 1 aliphatic carbocycles. The third-order valence-electron chi connectivity index (χ3n) is 3.14. The normalized spacial score (nSPS) is 15.5. The van der Waals surface area contributed by atoms with Gasteiger partial charge in [-0.1, -0.05) is 6.07 Å². The largest absolute Gasteiger partial charge is 0.370 e. The lowest BCUT2D eigenvalue weighted by Crippen LogP contribution is -2.35. The zero-order chi connectivity index (χ0) is 14.5. The molecule has 1 saturated carbocycles. The van der Waals surface area contributed by atoms with Crippen molar-refractivity contribution in [3.05, 3.63) is 24.3 Å². The summed E-state index contributed by atoms with van der Waals surface area (Å²) < 4.78 is 4.96. The maximum absolute atomic E-state index is 11.8. The average Bonchev–Trinajstić information content (AvgIpc) is 3.24. The van der Waals surface area contributed by atoms with Crippen molar-refractivity contribution in [2.75, 3.05) is 24.3 Å². The van der Waals surface area contributed by atoms with Gasteiger partial charge in [-0.05, 0) is 31.0 Å². The van der Waals surface area contributed by atoms with E-state index >= 15 is 0 Å². The Hall–Kier alpha value is -1.92. The molecule has 108 valence electrons. The Balaban J connectivity index is 1.98. The van der Waals surface area contributed by atoms with Crippen molar-refractivity contribution in [2.45, 2.75) is 18.9 Å². The summed E-state index contributed by atoms with van der Waals surface area (Å²) in [6.07, 6.45) is 1.22. The zero-order valence-corrected chi connectivity index (χ0v) is 11.4. The van der Waals surface area contributed by atoms with Crippen molar-refractivity contribution >= 4 is 23.2 Å². The van der Waals surface area contributed by atoms with Crippen LogP contribution in [-0.2, 0) is 14.3 Å². The lowest BCUT2D eigenvalue weighted by Gasteiger charge is -2.13. The van der Waals surface area contributed by atoms with E-state index in [0.717, 1.165) is 12.8 Å². The van der Waals surface area contributed by atoms with Crippen LogP contribution < -0.4 is 16.4 Å². The van der Waals surface area contributed by atoms with Gasteiger partial charge in [0.1, 0.15) is 6.10 Å². The predicted molar refractivity (Wildman–Crippen MR) is 76.3 cm³/mol. The Morgan fingerprint density at radius 3 is 2.55 bits per heavy atom. The van der Waals surface area contributed by atoms with Crippen LogP contribution in [0.3, 0.4) is 0 Å². The van der Waals surface area contributed by atoms with Crippen LogP contribution in [0.1, 0.15) is 12.8 Å². The molecular formula is C14H19N3O3. The minimum Gasteiger partial charge on any atom is -0.370 e. The number of nitrogens with one attached hydrogen (secondary N) is 2. The Morgan fingerprint density at radius 2 is 2.00 bits per heavy atom. The van der Waals surface area contributed by atoms with Gasteiger partial charge in [0.25, 0.3) is 5.91 Å². The van der Waals surface area contributed by atoms with Crippen molar-refractivity contribution in [3.63, 3.8) is 0 Å². The van der Waals surface area contributed by atoms with Crippen LogP contribution in [0.25, 0.3) is 0 Å². The predicted octanol–water partition coefficient (Wildman–Crippen LogP) is 0.947. The smallest absolute Gasteiger partial charge is 0.254 e. The molecule has 2 amide bonds. The summed E-state index contributed by atoms with van der Waals surface area (Å²) in [4.78, 5) is 23.5. The second-order valence-corrected chi connectivity index (χ2v) is 4.79. The van der Waals surface area contributed by atoms with Gasteiger partial charge in [0.2, 0.25) is 5.91 Å². The van der Waals surface area contributed by atoms with Crippen LogP contribution in [0.2, 0.25) is 0 Å². The summed E-state index contributed by atoms with van der Waals surface area (Å²) in [6.45, 7) is 0.112. The van der Waals surface area contributed by atoms with Crippen molar-refractivity contribution in [1.29, 1.82) is 0 Å². The second kappa shape index (κ2) is 6.49. The molecule has 0 bridgehead atoms. The van der Waals surface area contributed by atoms with E-state index in [-0.39, 0.29) is 24.3 Å². The highest BCUT2D eigenvalue weighted by Crippen LogP contribution is 2.30. The van der Waals surface area contributed by atoms with Crippen molar-refractivity contribution in [3.8, 4) is 0 Å². The number of rotatable bonds is 6. The third kappa shape index (κ3) is 3.79. The number of hydrogen-bond acceptors (Lipinski definition) is 4. The molecule has 2 rings (SSSR count). The third-order valence-corrected chi connectivity index (χ3v) is 3.14. The first-order valence-electron chi connectivity index (χ1n) is 6.58. The van der Waals surface area contributed by atoms with Crippen molar-refractivity contribution in [1.82, 2.24) is 0 Å². The van der Waals surface area contributed by atoms with E-state index in [4.69, 9.17) is 10.5 Å². The molecule has 0 radical (unpaired) electrons. The van der Waals surface area contributed by atoms with Crippen LogP contribution in [0, 0.1) is 5.92 Å². The first kappa shape index (κ1) is 14.5. The van der Waals surface area contributed by atoms with Crippen molar-refractivity contribution < 1.29 is 14.3 Å². The molecule has 1 aromatic rings. The molecular weight excluding hydrogens is 258 g/mol. The number of methoxy groups -OCH3 is 1. The Morgan fingerprint density at radius 1 is 1.35 bits per heavy atom. The van der Waals surface area contributed by atoms with Gasteiger partial charge in [-0.3, -0.25) is 9.59 Å². The molecule has 0 spiro atoms. The van der Waals surface area contributed by atoms with Crippen LogP contribution in [0.5, 0.6) is 0 Å². The maximum Gasteiger partial charge on any atom is 0.254 e. The number of nitrogens with two attached hydrogens (primary N) is 1. The summed E-state index contributed by atoms with van der Waals surface area (Å²) in [7, 11) is 1.43. The summed E-state index contributed by atoms with van der Waals surface area (Å²) in [6, 6.07) is 7.00. The summed E-state index contributed by atoms with van der Waals surface area (Å²) in [5.74, 6) is -0.130. The molecule has 1 atom stereocenters. The van der Waals surface area contributed by atoms with Crippen molar-refractivity contribution in [2.24, 2.45) is 11.7 Å². The molecule has 4 N–H and O–H groups in total. The quantitative estimate of drug-likeness (QED) is 0.721. The maximum atomic E-state index is 11.8. The van der Waals surface area contributed by atoms with Gasteiger partial charge in [0.15, 0.2) is 0 Å². The fraction of sp³-hybridized carbons (Fsp3) is 0.429. The number of ether oxygens (including phenoxy) is 1. The molecule has 6 nitrogen and oxygen atoms in total.